The number of hydrogen-bond donors (Lipinski definition) is 1. The van der Waals surface area contributed by atoms with E-state index in [9.17, 15) is 9.90 Å². The minimum Gasteiger partial charge on any atom is -0.508 e. The second kappa shape index (κ2) is 18.0. The van der Waals surface area contributed by atoms with Gasteiger partial charge in [0, 0.05) is 0 Å². The van der Waals surface area contributed by atoms with Crippen LogP contribution in [0.5, 0.6) is 5.75 Å². The van der Waals surface area contributed by atoms with Crippen LogP contribution in [0.3, 0.4) is 0 Å². The molecule has 29 heavy (non-hydrogen) atoms. The quantitative estimate of drug-likeness (QED) is 0.500. The highest BCUT2D eigenvalue weighted by atomic mass is 16.5. The summed E-state index contributed by atoms with van der Waals surface area (Å²) in [6.45, 7) is 16.5. The van der Waals surface area contributed by atoms with Crippen molar-refractivity contribution in [3.63, 3.8) is 0 Å². The first kappa shape index (κ1) is 29.2. The third-order valence-electron chi connectivity index (χ3n) is 4.71. The van der Waals surface area contributed by atoms with E-state index in [0.29, 0.717) is 11.7 Å². The van der Waals surface area contributed by atoms with Crippen LogP contribution in [0, 0.1) is 11.8 Å². The van der Waals surface area contributed by atoms with Gasteiger partial charge in [-0.25, -0.2) is 0 Å². The summed E-state index contributed by atoms with van der Waals surface area (Å²) in [5.74, 6) is 0.994. The van der Waals surface area contributed by atoms with Crippen LogP contribution in [0.25, 0.3) is 10.8 Å². The number of benzene rings is 2. The van der Waals surface area contributed by atoms with Crippen LogP contribution in [0.15, 0.2) is 36.4 Å². The summed E-state index contributed by atoms with van der Waals surface area (Å²) in [4.78, 5) is 11.2. The maximum absolute atomic E-state index is 11.2. The van der Waals surface area contributed by atoms with Gasteiger partial charge in [0.1, 0.15) is 5.75 Å². The van der Waals surface area contributed by atoms with Gasteiger partial charge in [-0.2, -0.15) is 0 Å². The molecule has 3 heteroatoms. The molecule has 2 rings (SSSR count). The van der Waals surface area contributed by atoms with Crippen LogP contribution in [0.1, 0.15) is 80.2 Å². The maximum Gasteiger partial charge on any atom is 0.308 e. The maximum atomic E-state index is 11.2. The Kier molecular flexibility index (Phi) is 18.1. The molecular weight excluding hydrogens is 360 g/mol. The summed E-state index contributed by atoms with van der Waals surface area (Å²) >= 11 is 0. The lowest BCUT2D eigenvalue weighted by molar-refractivity contribution is -0.146. The third-order valence-corrected chi connectivity index (χ3v) is 4.71. The Labute approximate surface area is 179 Å². The lowest BCUT2D eigenvalue weighted by Gasteiger charge is -2.15. The van der Waals surface area contributed by atoms with Crippen LogP contribution in [-0.4, -0.2) is 18.2 Å². The number of aryl methyl sites for hydroxylation is 1. The molecule has 1 N–H and O–H groups in total. The molecule has 0 saturated carbocycles. The topological polar surface area (TPSA) is 46.5 Å². The monoisotopic (exact) mass is 404 g/mol. The van der Waals surface area contributed by atoms with Crippen molar-refractivity contribution in [2.24, 2.45) is 11.8 Å². The Morgan fingerprint density at radius 1 is 0.931 bits per heavy atom. The van der Waals surface area contributed by atoms with E-state index in [2.05, 4.69) is 32.9 Å². The smallest absolute Gasteiger partial charge is 0.308 e. The zero-order valence-electron chi connectivity index (χ0n) is 20.2. The van der Waals surface area contributed by atoms with Crippen molar-refractivity contribution in [2.45, 2.75) is 81.1 Å². The average molecular weight is 405 g/mol. The molecule has 0 aliphatic heterocycles. The molecule has 0 bridgehead atoms. The van der Waals surface area contributed by atoms with E-state index in [4.69, 9.17) is 4.74 Å². The van der Waals surface area contributed by atoms with Gasteiger partial charge in [0.05, 0.1) is 13.0 Å². The highest BCUT2D eigenvalue weighted by Gasteiger charge is 2.18. The van der Waals surface area contributed by atoms with Gasteiger partial charge in [0.25, 0.3) is 0 Å². The highest BCUT2D eigenvalue weighted by Crippen LogP contribution is 2.21. The van der Waals surface area contributed by atoms with Crippen molar-refractivity contribution in [2.75, 3.05) is 7.11 Å². The van der Waals surface area contributed by atoms with E-state index >= 15 is 0 Å². The van der Waals surface area contributed by atoms with Gasteiger partial charge >= 0.3 is 5.97 Å². The number of esters is 1. The van der Waals surface area contributed by atoms with E-state index in [1.807, 2.05) is 46.8 Å². The molecule has 0 heterocycles. The van der Waals surface area contributed by atoms with E-state index in [0.717, 1.165) is 31.1 Å². The summed E-state index contributed by atoms with van der Waals surface area (Å²) in [5, 5.41) is 11.5. The van der Waals surface area contributed by atoms with Gasteiger partial charge in [-0.15, -0.1) is 0 Å². The van der Waals surface area contributed by atoms with Crippen molar-refractivity contribution in [1.82, 2.24) is 0 Å². The summed E-state index contributed by atoms with van der Waals surface area (Å²) in [7, 11) is 1.46. The first-order valence-corrected chi connectivity index (χ1v) is 11.2. The Balaban J connectivity index is 0. The SMILES string of the molecule is CC.CC.CCC(C)CC(CC)C(=O)OC.CCc1ccc2cc(O)ccc2c1. The van der Waals surface area contributed by atoms with Crippen molar-refractivity contribution in [1.29, 1.82) is 0 Å². The van der Waals surface area contributed by atoms with Gasteiger partial charge < -0.3 is 9.84 Å². The molecule has 3 nitrogen and oxygen atoms in total. The summed E-state index contributed by atoms with van der Waals surface area (Å²) in [6.07, 6.45) is 4.03. The van der Waals surface area contributed by atoms with Gasteiger partial charge in [0.2, 0.25) is 0 Å². The zero-order valence-corrected chi connectivity index (χ0v) is 20.2. The fourth-order valence-electron chi connectivity index (χ4n) is 2.75. The van der Waals surface area contributed by atoms with Crippen molar-refractivity contribution in [3.8, 4) is 5.75 Å². The number of aromatic hydroxyl groups is 1. The largest absolute Gasteiger partial charge is 0.508 e. The van der Waals surface area contributed by atoms with E-state index in [1.54, 1.807) is 12.1 Å². The molecule has 0 aromatic heterocycles. The van der Waals surface area contributed by atoms with E-state index < -0.39 is 0 Å². The first-order chi connectivity index (χ1) is 13.9. The molecule has 0 radical (unpaired) electrons. The number of phenols is 1. The van der Waals surface area contributed by atoms with Gasteiger partial charge in [-0.05, 0) is 53.6 Å². The Morgan fingerprint density at radius 2 is 1.48 bits per heavy atom. The fourth-order valence-corrected chi connectivity index (χ4v) is 2.75. The molecule has 0 saturated heterocycles. The van der Waals surface area contributed by atoms with Gasteiger partial charge in [0.15, 0.2) is 0 Å². The predicted molar refractivity (Wildman–Crippen MR) is 128 cm³/mol. The van der Waals surface area contributed by atoms with Gasteiger partial charge in [-0.1, -0.05) is 86.1 Å². The standard InChI is InChI=1S/C12H12O.C10H20O2.2C2H6/c1-2-9-3-4-11-8-12(13)6-5-10(11)7-9;1-5-8(3)7-9(6-2)10(11)12-4;2*1-2/h3-8,13H,2H2,1H3;8-9H,5-7H2,1-4H3;2*1-2H3. The Hall–Kier alpha value is -2.03. The molecule has 166 valence electrons. The number of ether oxygens (including phenoxy) is 1. The molecule has 2 aromatic rings. The molecule has 0 fully saturated rings. The van der Waals surface area contributed by atoms with Crippen molar-refractivity contribution in [3.05, 3.63) is 42.0 Å². The van der Waals surface area contributed by atoms with Crippen molar-refractivity contribution >= 4 is 16.7 Å². The second-order valence-electron chi connectivity index (χ2n) is 6.60. The highest BCUT2D eigenvalue weighted by molar-refractivity contribution is 5.84. The lowest BCUT2D eigenvalue weighted by atomic mass is 9.92. The zero-order chi connectivity index (χ0) is 22.8. The second-order valence-corrected chi connectivity index (χ2v) is 6.60. The molecule has 2 aromatic carbocycles. The number of carbonyl (C=O) groups excluding carboxylic acids is 1. The predicted octanol–water partition coefficient (Wildman–Crippen LogP) is 7.78. The first-order valence-electron chi connectivity index (χ1n) is 11.2. The molecule has 0 spiro atoms. The molecule has 0 amide bonds. The number of hydrogen-bond acceptors (Lipinski definition) is 3. The Bertz CT molecular complexity index is 664. The van der Waals surface area contributed by atoms with Crippen LogP contribution in [0.4, 0.5) is 0 Å². The molecule has 2 unspecified atom stereocenters. The van der Waals surface area contributed by atoms with Crippen LogP contribution in [0.2, 0.25) is 0 Å². The number of carbonyl (C=O) groups is 1. The lowest BCUT2D eigenvalue weighted by Crippen LogP contribution is -2.17. The summed E-state index contributed by atoms with van der Waals surface area (Å²) < 4.78 is 4.71. The molecule has 2 atom stereocenters. The molecule has 0 aliphatic rings. The van der Waals surface area contributed by atoms with Gasteiger partial charge in [-0.3, -0.25) is 4.79 Å². The number of phenolic OH excluding ortho intramolecular Hbond substituents is 1. The fraction of sp³-hybridized carbons (Fsp3) is 0.577. The van der Waals surface area contributed by atoms with Crippen LogP contribution < -0.4 is 0 Å². The number of fused-ring (bicyclic) bond motifs is 1. The summed E-state index contributed by atoms with van der Waals surface area (Å²) in [5.41, 5.74) is 1.33. The van der Waals surface area contributed by atoms with Crippen molar-refractivity contribution < 1.29 is 14.6 Å². The average Bonchev–Trinajstić information content (AvgIpc) is 2.79. The van der Waals surface area contributed by atoms with E-state index in [-0.39, 0.29) is 11.9 Å². The van der Waals surface area contributed by atoms with Crippen LogP contribution in [-0.2, 0) is 16.0 Å². The third kappa shape index (κ3) is 11.5. The minimum atomic E-state index is -0.0576. The van der Waals surface area contributed by atoms with E-state index in [1.165, 1.54) is 18.1 Å². The summed E-state index contributed by atoms with van der Waals surface area (Å²) in [6, 6.07) is 11.8. The number of methoxy groups -OCH3 is 1. The van der Waals surface area contributed by atoms with Crippen LogP contribution >= 0.6 is 0 Å². The number of rotatable bonds is 6. The molecular formula is C26H44O3. The Morgan fingerprint density at radius 3 is 1.97 bits per heavy atom. The normalized spacial score (nSPS) is 11.5. The minimum absolute atomic E-state index is 0.0576. The molecule has 0 aliphatic carbocycles.